The Balaban J connectivity index is 2.92. The molecule has 0 aromatic heterocycles. The van der Waals surface area contributed by atoms with Crippen LogP contribution in [0.1, 0.15) is 10.4 Å². The maximum Gasteiger partial charge on any atom is 0.279 e. The molecule has 0 saturated carbocycles. The van der Waals surface area contributed by atoms with Crippen LogP contribution in [0.3, 0.4) is 0 Å². The van der Waals surface area contributed by atoms with Crippen molar-refractivity contribution in [2.75, 3.05) is 14.1 Å². The van der Waals surface area contributed by atoms with Crippen LogP contribution in [0.4, 0.5) is 4.39 Å². The number of benzene rings is 1. The van der Waals surface area contributed by atoms with Gasteiger partial charge >= 0.3 is 0 Å². The van der Waals surface area contributed by atoms with Crippen molar-refractivity contribution in [1.82, 2.24) is 4.90 Å². The van der Waals surface area contributed by atoms with Crippen LogP contribution in [0.25, 0.3) is 0 Å². The second-order valence-electron chi connectivity index (χ2n) is 3.14. The second kappa shape index (κ2) is 5.20. The fraction of sp³-hybridized carbons (Fsp3) is 0.200. The van der Waals surface area contributed by atoms with E-state index in [9.17, 15) is 9.18 Å². The molecule has 0 aliphatic carbocycles. The molecule has 0 N–H and O–H groups in total. The summed E-state index contributed by atoms with van der Waals surface area (Å²) < 4.78 is 13.3. The van der Waals surface area contributed by atoms with E-state index in [-0.39, 0.29) is 11.7 Å². The lowest BCUT2D eigenvalue weighted by Crippen LogP contribution is -2.10. The van der Waals surface area contributed by atoms with Gasteiger partial charge in [-0.15, -0.1) is 0 Å². The third kappa shape index (κ3) is 3.58. The molecule has 0 unspecified atom stereocenters. The lowest BCUT2D eigenvalue weighted by molar-refractivity contribution is 0.100. The van der Waals surface area contributed by atoms with Gasteiger partial charge in [0.1, 0.15) is 5.82 Å². The predicted molar refractivity (Wildman–Crippen MR) is 65.6 cm³/mol. The number of nitrogens with zero attached hydrogens (tertiary/aromatic N) is 2. The molecule has 0 heterocycles. The van der Waals surface area contributed by atoms with E-state index in [0.29, 0.717) is 9.13 Å². The Morgan fingerprint density at radius 3 is 2.73 bits per heavy atom. The Kier molecular flexibility index (Phi) is 4.19. The number of aliphatic imine (C=N–C) groups is 1. The summed E-state index contributed by atoms with van der Waals surface area (Å²) in [6, 6.07) is 3.99. The van der Waals surface area contributed by atoms with Gasteiger partial charge in [-0.3, -0.25) is 4.79 Å². The summed E-state index contributed by atoms with van der Waals surface area (Å²) in [5, 5.41) is 0. The van der Waals surface area contributed by atoms with E-state index in [1.807, 2.05) is 22.6 Å². The van der Waals surface area contributed by atoms with Gasteiger partial charge in [-0.2, -0.15) is 4.99 Å². The molecule has 80 valence electrons. The smallest absolute Gasteiger partial charge is 0.279 e. The van der Waals surface area contributed by atoms with Gasteiger partial charge in [0.15, 0.2) is 0 Å². The minimum absolute atomic E-state index is 0.354. The van der Waals surface area contributed by atoms with Crippen LogP contribution in [-0.4, -0.2) is 31.2 Å². The molecule has 1 aromatic rings. The van der Waals surface area contributed by atoms with Crippen molar-refractivity contribution >= 4 is 34.8 Å². The summed E-state index contributed by atoms with van der Waals surface area (Å²) in [7, 11) is 3.54. The molecule has 0 atom stereocenters. The third-order valence-electron chi connectivity index (χ3n) is 1.57. The van der Waals surface area contributed by atoms with Crippen molar-refractivity contribution < 1.29 is 9.18 Å². The monoisotopic (exact) mass is 320 g/mol. The molecule has 0 bridgehead atoms. The molecule has 0 aliphatic rings. The van der Waals surface area contributed by atoms with E-state index in [0.717, 1.165) is 0 Å². The van der Waals surface area contributed by atoms with Crippen molar-refractivity contribution in [3.63, 3.8) is 0 Å². The number of carbonyl (C=O) groups is 1. The first-order valence-corrected chi connectivity index (χ1v) is 5.28. The Hall–Kier alpha value is -0.980. The van der Waals surface area contributed by atoms with Gasteiger partial charge in [0.2, 0.25) is 0 Å². The zero-order valence-electron chi connectivity index (χ0n) is 8.37. The normalized spacial score (nSPS) is 10.7. The van der Waals surface area contributed by atoms with Crippen LogP contribution < -0.4 is 0 Å². The van der Waals surface area contributed by atoms with Crippen molar-refractivity contribution in [2.24, 2.45) is 4.99 Å². The van der Waals surface area contributed by atoms with Crippen molar-refractivity contribution in [3.05, 3.63) is 33.1 Å². The molecule has 0 radical (unpaired) electrons. The quantitative estimate of drug-likeness (QED) is 0.475. The summed E-state index contributed by atoms with van der Waals surface area (Å²) in [5.74, 6) is -0.722. The average molecular weight is 320 g/mol. The first kappa shape index (κ1) is 12.1. The van der Waals surface area contributed by atoms with Gasteiger partial charge in [0, 0.05) is 17.7 Å². The van der Waals surface area contributed by atoms with Gasteiger partial charge in [-0.1, -0.05) is 0 Å². The van der Waals surface area contributed by atoms with Crippen LogP contribution in [0.2, 0.25) is 0 Å². The summed E-state index contributed by atoms with van der Waals surface area (Å²) in [5.41, 5.74) is 0.412. The Morgan fingerprint density at radius 2 is 2.20 bits per heavy atom. The number of amides is 1. The average Bonchev–Trinajstić information content (AvgIpc) is 2.14. The number of hydrogen-bond acceptors (Lipinski definition) is 1. The number of halogens is 2. The molecule has 1 amide bonds. The fourth-order valence-corrected chi connectivity index (χ4v) is 1.61. The van der Waals surface area contributed by atoms with Crippen LogP contribution in [0.15, 0.2) is 23.2 Å². The molecule has 15 heavy (non-hydrogen) atoms. The molecule has 0 spiro atoms. The fourth-order valence-electron chi connectivity index (χ4n) is 0.900. The minimum Gasteiger partial charge on any atom is -0.369 e. The van der Waals surface area contributed by atoms with E-state index in [1.54, 1.807) is 19.0 Å². The SMILES string of the molecule is CN(C)/C=N/C(=O)c1ccc(F)cc1I. The second-order valence-corrected chi connectivity index (χ2v) is 4.30. The van der Waals surface area contributed by atoms with Gasteiger partial charge in [-0.25, -0.2) is 4.39 Å². The first-order valence-electron chi connectivity index (χ1n) is 4.20. The summed E-state index contributed by atoms with van der Waals surface area (Å²) in [6.07, 6.45) is 1.42. The Labute approximate surface area is 101 Å². The molecular formula is C10H10FIN2O. The van der Waals surface area contributed by atoms with E-state index >= 15 is 0 Å². The van der Waals surface area contributed by atoms with E-state index in [2.05, 4.69) is 4.99 Å². The highest BCUT2D eigenvalue weighted by molar-refractivity contribution is 14.1. The highest BCUT2D eigenvalue weighted by Gasteiger charge is 2.08. The largest absolute Gasteiger partial charge is 0.369 e. The number of rotatable bonds is 2. The number of hydrogen-bond donors (Lipinski definition) is 0. The first-order chi connectivity index (χ1) is 7.00. The molecule has 1 rings (SSSR count). The van der Waals surface area contributed by atoms with E-state index < -0.39 is 0 Å². The molecule has 0 aliphatic heterocycles. The zero-order chi connectivity index (χ0) is 11.4. The minimum atomic E-state index is -0.367. The van der Waals surface area contributed by atoms with Crippen LogP contribution in [-0.2, 0) is 0 Å². The Bertz CT molecular complexity index is 404. The summed E-state index contributed by atoms with van der Waals surface area (Å²) >= 11 is 1.91. The number of carbonyl (C=O) groups excluding carboxylic acids is 1. The predicted octanol–water partition coefficient (Wildman–Crippen LogP) is 2.16. The Morgan fingerprint density at radius 1 is 1.53 bits per heavy atom. The van der Waals surface area contributed by atoms with Crippen molar-refractivity contribution in [2.45, 2.75) is 0 Å². The molecular weight excluding hydrogens is 310 g/mol. The van der Waals surface area contributed by atoms with Crippen LogP contribution in [0.5, 0.6) is 0 Å². The lowest BCUT2D eigenvalue weighted by atomic mass is 10.2. The van der Waals surface area contributed by atoms with Crippen LogP contribution >= 0.6 is 22.6 Å². The molecule has 0 saturated heterocycles. The van der Waals surface area contributed by atoms with Gasteiger partial charge in [-0.05, 0) is 40.8 Å². The molecule has 3 nitrogen and oxygen atoms in total. The highest BCUT2D eigenvalue weighted by atomic mass is 127. The maximum atomic E-state index is 12.8. The van der Waals surface area contributed by atoms with Gasteiger partial charge < -0.3 is 4.90 Å². The lowest BCUT2D eigenvalue weighted by Gasteiger charge is -2.03. The van der Waals surface area contributed by atoms with E-state index in [4.69, 9.17) is 0 Å². The molecule has 1 aromatic carbocycles. The van der Waals surface area contributed by atoms with E-state index in [1.165, 1.54) is 24.5 Å². The highest BCUT2D eigenvalue weighted by Crippen LogP contribution is 2.14. The van der Waals surface area contributed by atoms with Gasteiger partial charge in [0.05, 0.1) is 11.9 Å². The van der Waals surface area contributed by atoms with Crippen molar-refractivity contribution in [1.29, 1.82) is 0 Å². The molecule has 0 fully saturated rings. The van der Waals surface area contributed by atoms with Crippen LogP contribution in [0, 0.1) is 9.39 Å². The topological polar surface area (TPSA) is 32.7 Å². The van der Waals surface area contributed by atoms with Crippen molar-refractivity contribution in [3.8, 4) is 0 Å². The molecule has 5 heteroatoms. The summed E-state index contributed by atoms with van der Waals surface area (Å²) in [4.78, 5) is 16.9. The third-order valence-corrected chi connectivity index (χ3v) is 2.46. The standard InChI is InChI=1S/C10H10FIN2O/c1-14(2)6-13-10(15)8-4-3-7(11)5-9(8)12/h3-6H,1-2H3/b13-6+. The zero-order valence-corrected chi connectivity index (χ0v) is 10.5. The maximum absolute atomic E-state index is 12.8. The van der Waals surface area contributed by atoms with Gasteiger partial charge in [0.25, 0.3) is 5.91 Å². The summed E-state index contributed by atoms with van der Waals surface area (Å²) in [6.45, 7) is 0.